The maximum Gasteiger partial charge on any atom is 0.306 e. The lowest BCUT2D eigenvalue weighted by Crippen LogP contribution is -2.21. The van der Waals surface area contributed by atoms with Crippen molar-refractivity contribution in [2.24, 2.45) is 0 Å². The highest BCUT2D eigenvalue weighted by molar-refractivity contribution is 7.00. The Balaban J connectivity index is 1.32. The van der Waals surface area contributed by atoms with Crippen molar-refractivity contribution in [1.29, 1.82) is 0 Å². The summed E-state index contributed by atoms with van der Waals surface area (Å²) in [6.45, 7) is 3.40. The zero-order valence-corrected chi connectivity index (χ0v) is 16.6. The Morgan fingerprint density at radius 3 is 2.97 bits per heavy atom. The molecule has 29 heavy (non-hydrogen) atoms. The lowest BCUT2D eigenvalue weighted by atomic mass is 10.1. The van der Waals surface area contributed by atoms with Crippen molar-refractivity contribution in [2.45, 2.75) is 26.7 Å². The van der Waals surface area contributed by atoms with E-state index in [1.54, 1.807) is 16.6 Å². The largest absolute Gasteiger partial charge is 0.456 e. The molecule has 0 radical (unpaired) electrons. The Kier molecular flexibility index (Phi) is 5.12. The number of fused-ring (bicyclic) bond motifs is 2. The van der Waals surface area contributed by atoms with Crippen LogP contribution in [0.1, 0.15) is 23.4 Å². The molecule has 0 saturated carbocycles. The molecule has 0 saturated heterocycles. The number of ether oxygens (including phenoxy) is 1. The number of anilines is 1. The van der Waals surface area contributed by atoms with Gasteiger partial charge in [0.05, 0.1) is 17.4 Å². The van der Waals surface area contributed by atoms with Crippen LogP contribution in [-0.4, -0.2) is 46.8 Å². The van der Waals surface area contributed by atoms with E-state index in [-0.39, 0.29) is 13.0 Å². The normalized spacial score (nSPS) is 11.1. The number of hydrogen-bond acceptors (Lipinski definition) is 9. The second-order valence-corrected chi connectivity index (χ2v) is 6.91. The molecule has 4 aromatic rings. The number of amides is 1. The topological polar surface area (TPSA) is 124 Å². The van der Waals surface area contributed by atoms with Crippen molar-refractivity contribution < 1.29 is 14.3 Å². The quantitative estimate of drug-likeness (QED) is 0.477. The Hall–Kier alpha value is -3.47. The molecule has 0 unspecified atom stereocenters. The van der Waals surface area contributed by atoms with Crippen molar-refractivity contribution in [3.8, 4) is 0 Å². The second kappa shape index (κ2) is 7.87. The third kappa shape index (κ3) is 3.90. The molecule has 0 aliphatic heterocycles. The minimum Gasteiger partial charge on any atom is -0.456 e. The maximum absolute atomic E-state index is 12.1. The third-order valence-electron chi connectivity index (χ3n) is 4.49. The highest BCUT2D eigenvalue weighted by atomic mass is 32.1. The Bertz CT molecular complexity index is 1220. The number of aryl methyl sites for hydroxylation is 2. The van der Waals surface area contributed by atoms with Crippen molar-refractivity contribution in [2.75, 3.05) is 11.9 Å². The van der Waals surface area contributed by atoms with Gasteiger partial charge in [0.15, 0.2) is 6.61 Å². The molecule has 11 heteroatoms. The van der Waals surface area contributed by atoms with Gasteiger partial charge in [-0.1, -0.05) is 6.07 Å². The summed E-state index contributed by atoms with van der Waals surface area (Å²) in [5.41, 5.74) is 4.43. The van der Waals surface area contributed by atoms with Crippen LogP contribution in [0.3, 0.4) is 0 Å². The van der Waals surface area contributed by atoms with Crippen LogP contribution in [0.5, 0.6) is 0 Å². The predicted octanol–water partition coefficient (Wildman–Crippen LogP) is 1.86. The predicted molar refractivity (Wildman–Crippen MR) is 106 cm³/mol. The molecular formula is C18H17N7O3S. The Morgan fingerprint density at radius 1 is 1.24 bits per heavy atom. The van der Waals surface area contributed by atoms with E-state index >= 15 is 0 Å². The van der Waals surface area contributed by atoms with Crippen molar-refractivity contribution >= 4 is 46.1 Å². The summed E-state index contributed by atoms with van der Waals surface area (Å²) >= 11 is 1.07. The van der Waals surface area contributed by atoms with Gasteiger partial charge in [-0.3, -0.25) is 9.59 Å². The number of nitrogens with one attached hydrogen (secondary N) is 1. The lowest BCUT2D eigenvalue weighted by molar-refractivity contribution is -0.147. The average molecular weight is 411 g/mol. The summed E-state index contributed by atoms with van der Waals surface area (Å²) in [5.74, 6) is -0.378. The number of aromatic nitrogens is 6. The lowest BCUT2D eigenvalue weighted by Gasteiger charge is -2.10. The summed E-state index contributed by atoms with van der Waals surface area (Å²) in [4.78, 5) is 32.7. The standard InChI is InChI=1S/C18H17N7O3S/c1-10-12(11(2)25-18(21-10)19-9-20-25)6-7-16(27)28-8-15(26)22-13-4-3-5-14-17(13)24-29-23-14/h3-5,9H,6-8H2,1-2H3,(H,22,26). The first-order chi connectivity index (χ1) is 14.0. The van der Waals surface area contributed by atoms with E-state index < -0.39 is 11.9 Å². The van der Waals surface area contributed by atoms with Crippen LogP contribution in [0, 0.1) is 13.8 Å². The van der Waals surface area contributed by atoms with Crippen LogP contribution in [0.2, 0.25) is 0 Å². The van der Waals surface area contributed by atoms with E-state index in [0.717, 1.165) is 28.7 Å². The summed E-state index contributed by atoms with van der Waals surface area (Å²) < 4.78 is 15.0. The van der Waals surface area contributed by atoms with Crippen LogP contribution < -0.4 is 5.32 Å². The van der Waals surface area contributed by atoms with E-state index in [4.69, 9.17) is 4.74 Å². The Labute approximate surface area is 169 Å². The second-order valence-electron chi connectivity index (χ2n) is 6.38. The van der Waals surface area contributed by atoms with Crippen LogP contribution in [0.25, 0.3) is 16.8 Å². The molecule has 0 aliphatic carbocycles. The number of esters is 1. The summed E-state index contributed by atoms with van der Waals surface area (Å²) in [6.07, 6.45) is 2.00. The van der Waals surface area contributed by atoms with Crippen molar-refractivity contribution in [3.63, 3.8) is 0 Å². The van der Waals surface area contributed by atoms with Gasteiger partial charge in [-0.15, -0.1) is 0 Å². The van der Waals surface area contributed by atoms with E-state index in [2.05, 4.69) is 29.1 Å². The molecule has 4 rings (SSSR count). The van der Waals surface area contributed by atoms with Crippen LogP contribution >= 0.6 is 11.7 Å². The maximum atomic E-state index is 12.1. The Morgan fingerprint density at radius 2 is 2.10 bits per heavy atom. The molecule has 1 N–H and O–H groups in total. The summed E-state index contributed by atoms with van der Waals surface area (Å²) in [5, 5.41) is 6.82. The van der Waals surface area contributed by atoms with Crippen LogP contribution in [-0.2, 0) is 20.7 Å². The molecule has 10 nitrogen and oxygen atoms in total. The zero-order valence-electron chi connectivity index (χ0n) is 15.7. The first kappa shape index (κ1) is 18.9. The first-order valence-corrected chi connectivity index (χ1v) is 9.58. The van der Waals surface area contributed by atoms with Gasteiger partial charge in [0.2, 0.25) is 0 Å². The van der Waals surface area contributed by atoms with E-state index in [0.29, 0.717) is 28.9 Å². The molecule has 0 atom stereocenters. The molecule has 0 spiro atoms. The first-order valence-electron chi connectivity index (χ1n) is 8.85. The summed E-state index contributed by atoms with van der Waals surface area (Å²) in [7, 11) is 0. The molecule has 0 fully saturated rings. The summed E-state index contributed by atoms with van der Waals surface area (Å²) in [6, 6.07) is 5.31. The third-order valence-corrected chi connectivity index (χ3v) is 5.03. The molecule has 3 heterocycles. The van der Waals surface area contributed by atoms with Crippen LogP contribution in [0.15, 0.2) is 24.5 Å². The monoisotopic (exact) mass is 411 g/mol. The smallest absolute Gasteiger partial charge is 0.306 e. The molecule has 1 amide bonds. The number of nitrogens with zero attached hydrogens (tertiary/aromatic N) is 6. The van der Waals surface area contributed by atoms with Gasteiger partial charge in [0.25, 0.3) is 11.7 Å². The fourth-order valence-electron chi connectivity index (χ4n) is 3.06. The van der Waals surface area contributed by atoms with Gasteiger partial charge in [-0.25, -0.2) is 9.50 Å². The van der Waals surface area contributed by atoms with Gasteiger partial charge < -0.3 is 10.1 Å². The number of carbonyl (C=O) groups excluding carboxylic acids is 2. The number of hydrogen-bond donors (Lipinski definition) is 1. The van der Waals surface area contributed by atoms with Crippen molar-refractivity contribution in [1.82, 2.24) is 28.3 Å². The van der Waals surface area contributed by atoms with E-state index in [1.807, 2.05) is 19.9 Å². The minimum absolute atomic E-state index is 0.127. The van der Waals surface area contributed by atoms with Gasteiger partial charge in [-0.2, -0.15) is 18.8 Å². The molecular weight excluding hydrogens is 394 g/mol. The van der Waals surface area contributed by atoms with Crippen molar-refractivity contribution in [3.05, 3.63) is 41.5 Å². The fraction of sp³-hybridized carbons (Fsp3) is 0.278. The molecule has 0 bridgehead atoms. The minimum atomic E-state index is -0.467. The van der Waals surface area contributed by atoms with Gasteiger partial charge in [0.1, 0.15) is 17.4 Å². The molecule has 1 aromatic carbocycles. The molecule has 0 aliphatic rings. The van der Waals surface area contributed by atoms with E-state index in [9.17, 15) is 9.59 Å². The molecule has 148 valence electrons. The van der Waals surface area contributed by atoms with Crippen LogP contribution in [0.4, 0.5) is 5.69 Å². The fourth-order valence-corrected chi connectivity index (χ4v) is 3.61. The highest BCUT2D eigenvalue weighted by Crippen LogP contribution is 2.21. The van der Waals surface area contributed by atoms with E-state index in [1.165, 1.54) is 6.33 Å². The SMILES string of the molecule is Cc1nc2ncnn2c(C)c1CCC(=O)OCC(=O)Nc1cccc2nsnc12. The van der Waals surface area contributed by atoms with Gasteiger partial charge >= 0.3 is 5.97 Å². The average Bonchev–Trinajstić information content (AvgIpc) is 3.36. The van der Waals surface area contributed by atoms with Gasteiger partial charge in [0, 0.05) is 17.8 Å². The highest BCUT2D eigenvalue weighted by Gasteiger charge is 2.15. The number of carbonyl (C=O) groups is 2. The number of benzene rings is 1. The number of rotatable bonds is 6. The molecule has 3 aromatic heterocycles. The van der Waals surface area contributed by atoms with Gasteiger partial charge in [-0.05, 0) is 38.0 Å². The zero-order chi connectivity index (χ0) is 20.4.